The molecule has 2 unspecified atom stereocenters. The molecule has 164 valence electrons. The van der Waals surface area contributed by atoms with E-state index in [0.717, 1.165) is 5.69 Å². The Morgan fingerprint density at radius 1 is 1.10 bits per heavy atom. The van der Waals surface area contributed by atoms with E-state index in [1.165, 1.54) is 10.6 Å². The Balaban J connectivity index is 1.34. The Hall–Kier alpha value is -2.59. The second-order valence-corrected chi connectivity index (χ2v) is 10.5. The normalized spacial score (nSPS) is 26.1. The van der Waals surface area contributed by atoms with Crippen LogP contribution in [0.5, 0.6) is 17.5 Å². The van der Waals surface area contributed by atoms with Crippen LogP contribution in [0.3, 0.4) is 0 Å². The molecular formula is C21H24N4O5S. The van der Waals surface area contributed by atoms with Crippen LogP contribution in [0, 0.1) is 13.8 Å². The minimum absolute atomic E-state index is 0.0178. The van der Waals surface area contributed by atoms with E-state index in [4.69, 9.17) is 9.47 Å². The van der Waals surface area contributed by atoms with Gasteiger partial charge in [0.1, 0.15) is 12.4 Å². The van der Waals surface area contributed by atoms with E-state index in [9.17, 15) is 13.2 Å². The molecular weight excluding hydrogens is 420 g/mol. The summed E-state index contributed by atoms with van der Waals surface area (Å²) < 4.78 is 39.1. The molecule has 0 spiro atoms. The second kappa shape index (κ2) is 7.52. The van der Waals surface area contributed by atoms with Gasteiger partial charge in [0.05, 0.1) is 22.5 Å². The Bertz CT molecular complexity index is 1130. The average Bonchev–Trinajstić information content (AvgIpc) is 3.55. The monoisotopic (exact) mass is 444 g/mol. The van der Waals surface area contributed by atoms with Gasteiger partial charge >= 0.3 is 0 Å². The highest BCUT2D eigenvalue weighted by Gasteiger charge is 2.55. The standard InChI is InChI=1S/C21H24N4O5S/c1-12-20(23-11-24-21(12)30-19-4-3-7-22-13(19)2)29-15-8-14-9-18(26)17(10-15)25(14)31(27,28)16-5-6-16/h3-4,7,11,14-17H,5-6,8-10H2,1-2H3/t14?,15-,17?/m0/s1. The van der Waals surface area contributed by atoms with Crippen LogP contribution in [0.1, 0.15) is 43.4 Å². The third kappa shape index (κ3) is 3.67. The lowest BCUT2D eigenvalue weighted by Crippen LogP contribution is -2.51. The molecule has 2 aromatic rings. The number of rotatable bonds is 6. The van der Waals surface area contributed by atoms with E-state index in [1.54, 1.807) is 12.3 Å². The van der Waals surface area contributed by atoms with Gasteiger partial charge in [0.15, 0.2) is 11.5 Å². The second-order valence-electron chi connectivity index (χ2n) is 8.42. The molecule has 1 aliphatic carbocycles. The molecule has 3 fully saturated rings. The van der Waals surface area contributed by atoms with Gasteiger partial charge in [0.2, 0.25) is 21.8 Å². The van der Waals surface area contributed by atoms with Crippen LogP contribution in [-0.2, 0) is 14.8 Å². The number of Topliss-reactive ketones (excluding diaryl/α,β-unsaturated/α-hetero) is 1. The summed E-state index contributed by atoms with van der Waals surface area (Å²) in [4.78, 5) is 25.2. The van der Waals surface area contributed by atoms with Crippen LogP contribution < -0.4 is 9.47 Å². The lowest BCUT2D eigenvalue weighted by atomic mass is 10.0. The lowest BCUT2D eigenvalue weighted by Gasteiger charge is -2.36. The molecule has 9 nitrogen and oxygen atoms in total. The van der Waals surface area contributed by atoms with Crippen LogP contribution in [0.25, 0.3) is 0 Å². The number of carbonyl (C=O) groups is 1. The van der Waals surface area contributed by atoms with Gasteiger partial charge in [-0.25, -0.2) is 18.4 Å². The number of hydrogen-bond donors (Lipinski definition) is 0. The fourth-order valence-corrected chi connectivity index (χ4v) is 6.64. The van der Waals surface area contributed by atoms with Crippen molar-refractivity contribution >= 4 is 15.8 Å². The number of hydrogen-bond acceptors (Lipinski definition) is 8. The molecule has 31 heavy (non-hydrogen) atoms. The number of ether oxygens (including phenoxy) is 2. The number of sulfonamides is 1. The third-order valence-corrected chi connectivity index (χ3v) is 8.63. The van der Waals surface area contributed by atoms with Crippen LogP contribution in [0.4, 0.5) is 0 Å². The highest BCUT2D eigenvalue weighted by Crippen LogP contribution is 2.42. The highest BCUT2D eigenvalue weighted by atomic mass is 32.2. The van der Waals surface area contributed by atoms with Gasteiger partial charge in [-0.05, 0) is 38.8 Å². The van der Waals surface area contributed by atoms with Gasteiger partial charge in [-0.1, -0.05) is 0 Å². The van der Waals surface area contributed by atoms with Gasteiger partial charge in [-0.3, -0.25) is 9.78 Å². The summed E-state index contributed by atoms with van der Waals surface area (Å²) in [6.07, 6.45) is 5.20. The van der Waals surface area contributed by atoms with Gasteiger partial charge in [0.25, 0.3) is 0 Å². The first-order valence-corrected chi connectivity index (χ1v) is 12.0. The maximum atomic E-state index is 12.8. The molecule has 3 aliphatic rings. The molecule has 0 amide bonds. The Labute approximate surface area is 180 Å². The number of piperidine rings is 1. The van der Waals surface area contributed by atoms with Crippen molar-refractivity contribution in [1.29, 1.82) is 0 Å². The van der Waals surface area contributed by atoms with E-state index in [2.05, 4.69) is 15.0 Å². The molecule has 0 radical (unpaired) electrons. The van der Waals surface area contributed by atoms with Crippen molar-refractivity contribution in [2.45, 2.75) is 69.4 Å². The van der Waals surface area contributed by atoms with Gasteiger partial charge in [-0.15, -0.1) is 0 Å². The first-order chi connectivity index (χ1) is 14.8. The van der Waals surface area contributed by atoms with Gasteiger partial charge < -0.3 is 9.47 Å². The first-order valence-electron chi connectivity index (χ1n) is 10.5. The number of carbonyl (C=O) groups excluding carboxylic acids is 1. The molecule has 2 aromatic heterocycles. The van der Waals surface area contributed by atoms with Crippen molar-refractivity contribution in [2.24, 2.45) is 0 Å². The van der Waals surface area contributed by atoms with Crippen molar-refractivity contribution in [3.8, 4) is 17.5 Å². The zero-order valence-electron chi connectivity index (χ0n) is 17.4. The highest BCUT2D eigenvalue weighted by molar-refractivity contribution is 7.90. The molecule has 0 aromatic carbocycles. The van der Waals surface area contributed by atoms with E-state index < -0.39 is 16.1 Å². The molecule has 3 atom stereocenters. The zero-order chi connectivity index (χ0) is 21.8. The zero-order valence-corrected chi connectivity index (χ0v) is 18.2. The van der Waals surface area contributed by atoms with Crippen molar-refractivity contribution in [2.75, 3.05) is 0 Å². The molecule has 0 N–H and O–H groups in total. The van der Waals surface area contributed by atoms with Crippen molar-refractivity contribution < 1.29 is 22.7 Å². The molecule has 4 heterocycles. The summed E-state index contributed by atoms with van der Waals surface area (Å²) >= 11 is 0. The Morgan fingerprint density at radius 3 is 2.58 bits per heavy atom. The summed E-state index contributed by atoms with van der Waals surface area (Å²) in [6, 6.07) is 2.62. The SMILES string of the molecule is Cc1ncccc1Oc1ncnc(O[C@H]2CC3CC(=O)C(C2)N3S(=O)(=O)C2CC2)c1C. The van der Waals surface area contributed by atoms with E-state index in [0.29, 0.717) is 48.8 Å². The Morgan fingerprint density at radius 2 is 1.87 bits per heavy atom. The van der Waals surface area contributed by atoms with Crippen LogP contribution in [-0.4, -0.2) is 56.9 Å². The smallest absolute Gasteiger partial charge is 0.229 e. The predicted molar refractivity (Wildman–Crippen MR) is 110 cm³/mol. The topological polar surface area (TPSA) is 112 Å². The van der Waals surface area contributed by atoms with E-state index in [1.807, 2.05) is 19.9 Å². The number of nitrogens with zero attached hydrogens (tertiary/aromatic N) is 4. The lowest BCUT2D eigenvalue weighted by molar-refractivity contribution is -0.119. The molecule has 2 aliphatic heterocycles. The third-order valence-electron chi connectivity index (χ3n) is 6.17. The Kier molecular flexibility index (Phi) is 4.93. The van der Waals surface area contributed by atoms with Crippen molar-refractivity contribution in [3.63, 3.8) is 0 Å². The molecule has 2 saturated heterocycles. The number of aryl methyl sites for hydroxylation is 1. The average molecular weight is 445 g/mol. The number of ketones is 1. The van der Waals surface area contributed by atoms with E-state index in [-0.39, 0.29) is 29.6 Å². The molecule has 5 rings (SSSR count). The summed E-state index contributed by atoms with van der Waals surface area (Å²) in [5.41, 5.74) is 1.37. The quantitative estimate of drug-likeness (QED) is 0.667. The van der Waals surface area contributed by atoms with Crippen molar-refractivity contribution in [1.82, 2.24) is 19.3 Å². The maximum Gasteiger partial charge on any atom is 0.229 e. The van der Waals surface area contributed by atoms with Gasteiger partial charge in [0, 0.05) is 31.5 Å². The largest absolute Gasteiger partial charge is 0.474 e. The minimum atomic E-state index is -3.40. The maximum absolute atomic E-state index is 12.8. The summed E-state index contributed by atoms with van der Waals surface area (Å²) in [5, 5.41) is -0.319. The molecule has 2 bridgehead atoms. The summed E-state index contributed by atoms with van der Waals surface area (Å²) in [5.74, 6) is 1.32. The fourth-order valence-electron chi connectivity index (χ4n) is 4.43. The first kappa shape index (κ1) is 20.3. The summed E-state index contributed by atoms with van der Waals surface area (Å²) in [6.45, 7) is 3.66. The molecule has 1 saturated carbocycles. The predicted octanol–water partition coefficient (Wildman–Crippen LogP) is 2.33. The van der Waals surface area contributed by atoms with Crippen LogP contribution in [0.15, 0.2) is 24.7 Å². The minimum Gasteiger partial charge on any atom is -0.474 e. The fraction of sp³-hybridized carbons (Fsp3) is 0.524. The van der Waals surface area contributed by atoms with Crippen LogP contribution >= 0.6 is 0 Å². The number of pyridine rings is 1. The van der Waals surface area contributed by atoms with Crippen molar-refractivity contribution in [3.05, 3.63) is 35.9 Å². The summed E-state index contributed by atoms with van der Waals surface area (Å²) in [7, 11) is -3.40. The molecule has 10 heteroatoms. The number of fused-ring (bicyclic) bond motifs is 2. The van der Waals surface area contributed by atoms with E-state index >= 15 is 0 Å². The number of aromatic nitrogens is 3. The van der Waals surface area contributed by atoms with Crippen LogP contribution in [0.2, 0.25) is 0 Å². The van der Waals surface area contributed by atoms with Gasteiger partial charge in [-0.2, -0.15) is 4.31 Å².